The van der Waals surface area contributed by atoms with Gasteiger partial charge in [-0.2, -0.15) is 13.2 Å². The van der Waals surface area contributed by atoms with Gasteiger partial charge in [0, 0.05) is 24.8 Å². The van der Waals surface area contributed by atoms with Crippen LogP contribution in [0.15, 0.2) is 59.8 Å². The average molecular weight is 502 g/mol. The normalized spacial score (nSPS) is 19.8. The molecular weight excluding hydrogens is 475 g/mol. The summed E-state index contributed by atoms with van der Waals surface area (Å²) in [5.41, 5.74) is 8.68. The molecule has 0 bridgehead atoms. The summed E-state index contributed by atoms with van der Waals surface area (Å²) in [6.45, 7) is 3.45. The first kappa shape index (κ1) is 23.7. The van der Waals surface area contributed by atoms with Crippen molar-refractivity contribution in [1.29, 1.82) is 0 Å². The van der Waals surface area contributed by atoms with E-state index in [2.05, 4.69) is 20.9 Å². The third-order valence-electron chi connectivity index (χ3n) is 6.64. The van der Waals surface area contributed by atoms with Crippen LogP contribution in [0.5, 0.6) is 0 Å². The molecule has 1 aliphatic carbocycles. The number of aryl methyl sites for hydroxylation is 1. The van der Waals surface area contributed by atoms with Crippen molar-refractivity contribution in [3.8, 4) is 0 Å². The third kappa shape index (κ3) is 5.04. The van der Waals surface area contributed by atoms with Gasteiger partial charge in [0.15, 0.2) is 0 Å². The van der Waals surface area contributed by atoms with E-state index < -0.39 is 22.7 Å². The van der Waals surface area contributed by atoms with Gasteiger partial charge in [-0.15, -0.1) is 0 Å². The minimum atomic E-state index is -4.43. The Morgan fingerprint density at radius 2 is 1.77 bits per heavy atom. The van der Waals surface area contributed by atoms with E-state index in [0.29, 0.717) is 42.0 Å². The van der Waals surface area contributed by atoms with Gasteiger partial charge in [0.2, 0.25) is 0 Å². The molecule has 1 aliphatic heterocycles. The van der Waals surface area contributed by atoms with E-state index in [1.807, 2.05) is 23.4 Å². The molecule has 2 aromatic carbocycles. The Morgan fingerprint density at radius 1 is 1.09 bits per heavy atom. The molecule has 5 rings (SSSR count). The number of nitrogen functional groups attached to an aromatic ring is 1. The fourth-order valence-corrected chi connectivity index (χ4v) is 5.81. The van der Waals surface area contributed by atoms with Gasteiger partial charge < -0.3 is 10.6 Å². The lowest BCUT2D eigenvalue weighted by Crippen LogP contribution is -2.43. The quantitative estimate of drug-likeness (QED) is 0.548. The highest BCUT2D eigenvalue weighted by molar-refractivity contribution is 7.82. The van der Waals surface area contributed by atoms with Crippen molar-refractivity contribution in [2.45, 2.75) is 50.0 Å². The predicted octanol–water partition coefficient (Wildman–Crippen LogP) is 4.71. The summed E-state index contributed by atoms with van der Waals surface area (Å²) in [7, 11) is -1.61. The molecule has 35 heavy (non-hydrogen) atoms. The molecule has 2 aliphatic rings. The second-order valence-electron chi connectivity index (χ2n) is 9.13. The summed E-state index contributed by atoms with van der Waals surface area (Å²) in [5, 5.41) is 0. The van der Waals surface area contributed by atoms with Crippen molar-refractivity contribution < 1.29 is 17.4 Å². The fourth-order valence-electron chi connectivity index (χ4n) is 4.61. The number of alkyl halides is 3. The molecule has 1 fully saturated rings. The number of benzene rings is 2. The number of halogens is 3. The lowest BCUT2D eigenvalue weighted by atomic mass is 10.0. The highest BCUT2D eigenvalue weighted by Gasteiger charge is 2.41. The molecule has 0 amide bonds. The SMILES string of the molecule is Cc1cccc2c1CN(S(=O)c1ccc(C(F)(F)F)cc1)CC(C1CC1)N2Cc1ncc(N)cn1. The van der Waals surface area contributed by atoms with Crippen LogP contribution in [0.2, 0.25) is 0 Å². The standard InChI is InChI=1S/C25H26F3N5OS/c1-16-3-2-4-22-21(16)13-32(35(34)20-9-7-18(8-10-20)25(26,27)28)14-23(17-5-6-17)33(22)15-24-30-11-19(29)12-31-24/h2-4,7-12,17,23H,5-6,13-15,29H2,1H3. The second kappa shape index (κ2) is 9.23. The Bertz CT molecular complexity index is 1230. The van der Waals surface area contributed by atoms with E-state index in [4.69, 9.17) is 5.73 Å². The lowest BCUT2D eigenvalue weighted by Gasteiger charge is -2.34. The molecular formula is C25H26F3N5OS. The van der Waals surface area contributed by atoms with Crippen molar-refractivity contribution in [3.05, 3.63) is 77.4 Å². The van der Waals surface area contributed by atoms with Crippen LogP contribution in [-0.2, 0) is 30.3 Å². The number of hydrogen-bond donors (Lipinski definition) is 1. The zero-order valence-corrected chi connectivity index (χ0v) is 20.0. The van der Waals surface area contributed by atoms with E-state index in [-0.39, 0.29) is 6.04 Å². The number of aromatic nitrogens is 2. The second-order valence-corrected chi connectivity index (χ2v) is 10.6. The summed E-state index contributed by atoms with van der Waals surface area (Å²) in [6, 6.07) is 10.8. The summed E-state index contributed by atoms with van der Waals surface area (Å²) < 4.78 is 54.6. The van der Waals surface area contributed by atoms with Crippen molar-refractivity contribution in [3.63, 3.8) is 0 Å². The third-order valence-corrected chi connectivity index (χ3v) is 8.06. The first-order chi connectivity index (χ1) is 16.7. The van der Waals surface area contributed by atoms with Gasteiger partial charge in [-0.3, -0.25) is 0 Å². The molecule has 0 radical (unpaired) electrons. The van der Waals surface area contributed by atoms with Crippen molar-refractivity contribution >= 4 is 22.4 Å². The summed E-state index contributed by atoms with van der Waals surface area (Å²) >= 11 is 0. The molecule has 6 nitrogen and oxygen atoms in total. The summed E-state index contributed by atoms with van der Waals surface area (Å²) in [5.74, 6) is 1.08. The highest BCUT2D eigenvalue weighted by atomic mass is 32.2. The van der Waals surface area contributed by atoms with Crippen LogP contribution in [0.25, 0.3) is 0 Å². The van der Waals surface area contributed by atoms with E-state index in [1.165, 1.54) is 12.1 Å². The van der Waals surface area contributed by atoms with Gasteiger partial charge in [0.1, 0.15) is 16.8 Å². The molecule has 2 atom stereocenters. The van der Waals surface area contributed by atoms with Gasteiger partial charge in [0.05, 0.1) is 35.1 Å². The minimum Gasteiger partial charge on any atom is -0.396 e. The van der Waals surface area contributed by atoms with Crippen LogP contribution >= 0.6 is 0 Å². The van der Waals surface area contributed by atoms with Gasteiger partial charge >= 0.3 is 6.18 Å². The number of hydrogen-bond acceptors (Lipinski definition) is 5. The maximum atomic E-state index is 13.6. The smallest absolute Gasteiger partial charge is 0.396 e. The topological polar surface area (TPSA) is 75.4 Å². The summed E-state index contributed by atoms with van der Waals surface area (Å²) in [6.07, 6.45) is 0.905. The van der Waals surface area contributed by atoms with Crippen LogP contribution in [0, 0.1) is 12.8 Å². The van der Waals surface area contributed by atoms with Crippen molar-refractivity contribution in [2.75, 3.05) is 17.2 Å². The Labute approximate surface area is 204 Å². The molecule has 2 N–H and O–H groups in total. The predicted molar refractivity (Wildman–Crippen MR) is 129 cm³/mol. The lowest BCUT2D eigenvalue weighted by molar-refractivity contribution is -0.137. The maximum Gasteiger partial charge on any atom is 0.416 e. The molecule has 0 saturated heterocycles. The largest absolute Gasteiger partial charge is 0.416 e. The first-order valence-corrected chi connectivity index (χ1v) is 12.6. The van der Waals surface area contributed by atoms with E-state index >= 15 is 0 Å². The first-order valence-electron chi connectivity index (χ1n) is 11.5. The fraction of sp³-hybridized carbons (Fsp3) is 0.360. The molecule has 10 heteroatoms. The monoisotopic (exact) mass is 501 g/mol. The van der Waals surface area contributed by atoms with Crippen LogP contribution in [0.3, 0.4) is 0 Å². The number of rotatable bonds is 5. The van der Waals surface area contributed by atoms with Crippen LogP contribution in [0.1, 0.15) is 35.4 Å². The zero-order valence-electron chi connectivity index (χ0n) is 19.2. The molecule has 1 saturated carbocycles. The van der Waals surface area contributed by atoms with Gasteiger partial charge in [-0.1, -0.05) is 12.1 Å². The number of anilines is 2. The zero-order chi connectivity index (χ0) is 24.7. The van der Waals surface area contributed by atoms with E-state index in [1.54, 1.807) is 12.4 Å². The van der Waals surface area contributed by atoms with E-state index in [0.717, 1.165) is 41.8 Å². The highest BCUT2D eigenvalue weighted by Crippen LogP contribution is 2.42. The Balaban J connectivity index is 1.50. The van der Waals surface area contributed by atoms with Crippen LogP contribution < -0.4 is 10.6 Å². The van der Waals surface area contributed by atoms with Crippen molar-refractivity contribution in [1.82, 2.24) is 14.3 Å². The molecule has 184 valence electrons. The Morgan fingerprint density at radius 3 is 2.40 bits per heavy atom. The molecule has 2 unspecified atom stereocenters. The van der Waals surface area contributed by atoms with E-state index in [9.17, 15) is 17.4 Å². The van der Waals surface area contributed by atoms with Crippen LogP contribution in [-0.4, -0.2) is 31.1 Å². The van der Waals surface area contributed by atoms with Gasteiger partial charge in [-0.05, 0) is 67.1 Å². The molecule has 1 aromatic heterocycles. The number of nitrogens with two attached hydrogens (primary N) is 1. The van der Waals surface area contributed by atoms with Crippen molar-refractivity contribution in [2.24, 2.45) is 5.92 Å². The average Bonchev–Trinajstić information content (AvgIpc) is 3.68. The minimum absolute atomic E-state index is 0.0672. The number of fused-ring (bicyclic) bond motifs is 1. The summed E-state index contributed by atoms with van der Waals surface area (Å²) in [4.78, 5) is 11.5. The molecule has 2 heterocycles. The molecule has 3 aromatic rings. The molecule has 0 spiro atoms. The van der Waals surface area contributed by atoms with Crippen LogP contribution in [0.4, 0.5) is 24.5 Å². The number of nitrogens with zero attached hydrogens (tertiary/aromatic N) is 4. The van der Waals surface area contributed by atoms with Gasteiger partial charge in [0.25, 0.3) is 0 Å². The Kier molecular flexibility index (Phi) is 6.27. The Hall–Kier alpha value is -2.98. The maximum absolute atomic E-state index is 13.6. The van der Waals surface area contributed by atoms with Gasteiger partial charge in [-0.25, -0.2) is 18.5 Å².